The van der Waals surface area contributed by atoms with E-state index in [1.807, 2.05) is 13.8 Å². The van der Waals surface area contributed by atoms with Gasteiger partial charge in [0.1, 0.15) is 17.7 Å². The molecule has 1 saturated heterocycles. The Labute approximate surface area is 156 Å². The summed E-state index contributed by atoms with van der Waals surface area (Å²) in [6, 6.07) is 0.839. The number of hydrogen-bond acceptors (Lipinski definition) is 4. The van der Waals surface area contributed by atoms with E-state index in [0.717, 1.165) is 12.1 Å². The van der Waals surface area contributed by atoms with Crippen molar-refractivity contribution in [3.05, 3.63) is 29.8 Å². The lowest BCUT2D eigenvalue weighted by Gasteiger charge is -2.29. The molecule has 1 aliphatic rings. The minimum Gasteiger partial charge on any atom is -0.345 e. The topological polar surface area (TPSA) is 95.7 Å². The fourth-order valence-corrected chi connectivity index (χ4v) is 2.87. The Morgan fingerprint density at radius 3 is 2.59 bits per heavy atom. The number of rotatable bonds is 7. The summed E-state index contributed by atoms with van der Waals surface area (Å²) in [4.78, 5) is 38.9. The summed E-state index contributed by atoms with van der Waals surface area (Å²) in [5.74, 6) is -2.69. The van der Waals surface area contributed by atoms with Crippen LogP contribution in [0.3, 0.4) is 0 Å². The van der Waals surface area contributed by atoms with E-state index in [0.29, 0.717) is 24.1 Å². The van der Waals surface area contributed by atoms with Gasteiger partial charge in [-0.2, -0.15) is 0 Å². The molecule has 1 heterocycles. The molecule has 0 saturated carbocycles. The maximum atomic E-state index is 13.9. The van der Waals surface area contributed by atoms with Crippen LogP contribution >= 0.6 is 0 Å². The van der Waals surface area contributed by atoms with Crippen molar-refractivity contribution in [1.82, 2.24) is 10.2 Å². The number of imide groups is 1. The summed E-state index contributed by atoms with van der Waals surface area (Å²) in [5.41, 5.74) is 5.10. The molecule has 0 aromatic heterocycles. The Hall–Kier alpha value is -2.55. The number of carbonyl (C=O) groups is 3. The molecule has 1 aromatic rings. The van der Waals surface area contributed by atoms with Crippen molar-refractivity contribution < 1.29 is 23.2 Å². The van der Waals surface area contributed by atoms with Gasteiger partial charge in [-0.1, -0.05) is 13.8 Å². The van der Waals surface area contributed by atoms with Gasteiger partial charge in [0.25, 0.3) is 5.91 Å². The number of benzene rings is 1. The maximum absolute atomic E-state index is 13.9. The van der Waals surface area contributed by atoms with Gasteiger partial charge >= 0.3 is 6.03 Å². The molecule has 9 heteroatoms. The molecule has 1 atom stereocenters. The van der Waals surface area contributed by atoms with Crippen LogP contribution in [0.1, 0.15) is 26.7 Å². The van der Waals surface area contributed by atoms with Gasteiger partial charge in [0, 0.05) is 26.1 Å². The lowest BCUT2D eigenvalue weighted by Crippen LogP contribution is -2.40. The lowest BCUT2D eigenvalue weighted by molar-refractivity contribution is -0.131. The molecule has 0 aliphatic carbocycles. The van der Waals surface area contributed by atoms with Crippen molar-refractivity contribution in [2.75, 3.05) is 25.0 Å². The van der Waals surface area contributed by atoms with E-state index in [4.69, 9.17) is 5.73 Å². The second-order valence-electron chi connectivity index (χ2n) is 7.43. The smallest absolute Gasteiger partial charge is 0.329 e. The minimum absolute atomic E-state index is 0.0353. The number of nitrogens with zero attached hydrogens (tertiary/aromatic N) is 2. The standard InChI is InChI=1S/C18H24F2N4O3/c1-18(2,9-21)10-23(3)15(25)7-5-13-16(26)24(17(27)22-13)14-6-4-11(19)8-12(14)20/h4,6,8,13H,5,7,9-10,21H2,1-3H3,(H,22,27)/t13-/m1/s1. The summed E-state index contributed by atoms with van der Waals surface area (Å²) in [5, 5.41) is 2.43. The largest absolute Gasteiger partial charge is 0.345 e. The molecular weight excluding hydrogens is 358 g/mol. The SMILES string of the molecule is CN(CC(C)(C)CN)C(=O)CC[C@H]1NC(=O)N(c2ccc(F)cc2F)C1=O. The van der Waals surface area contributed by atoms with E-state index in [1.54, 1.807) is 7.05 Å². The van der Waals surface area contributed by atoms with Crippen LogP contribution in [0.2, 0.25) is 0 Å². The van der Waals surface area contributed by atoms with Crippen LogP contribution in [0.4, 0.5) is 19.3 Å². The molecule has 27 heavy (non-hydrogen) atoms. The Balaban J connectivity index is 2.00. The number of halogens is 2. The average molecular weight is 382 g/mol. The van der Waals surface area contributed by atoms with Gasteiger partial charge in [-0.25, -0.2) is 18.5 Å². The monoisotopic (exact) mass is 382 g/mol. The fourth-order valence-electron chi connectivity index (χ4n) is 2.87. The Kier molecular flexibility index (Phi) is 6.15. The normalized spacial score (nSPS) is 17.3. The third-order valence-electron chi connectivity index (χ3n) is 4.46. The van der Waals surface area contributed by atoms with E-state index in [1.165, 1.54) is 4.90 Å². The number of nitrogens with two attached hydrogens (primary N) is 1. The fraction of sp³-hybridized carbons (Fsp3) is 0.500. The number of hydrogen-bond donors (Lipinski definition) is 2. The highest BCUT2D eigenvalue weighted by Crippen LogP contribution is 2.25. The maximum Gasteiger partial charge on any atom is 0.329 e. The second kappa shape index (κ2) is 7.99. The van der Waals surface area contributed by atoms with Gasteiger partial charge < -0.3 is 16.0 Å². The number of amides is 4. The molecule has 1 aromatic carbocycles. The van der Waals surface area contributed by atoms with E-state index in [2.05, 4.69) is 5.32 Å². The molecule has 0 unspecified atom stereocenters. The van der Waals surface area contributed by atoms with Crippen LogP contribution in [0, 0.1) is 17.0 Å². The zero-order valence-corrected chi connectivity index (χ0v) is 15.6. The highest BCUT2D eigenvalue weighted by atomic mass is 19.1. The molecule has 1 aliphatic heterocycles. The van der Waals surface area contributed by atoms with Gasteiger partial charge in [-0.15, -0.1) is 0 Å². The van der Waals surface area contributed by atoms with Crippen LogP contribution in [0.15, 0.2) is 18.2 Å². The molecule has 2 rings (SSSR count). The highest BCUT2D eigenvalue weighted by Gasteiger charge is 2.40. The number of carbonyl (C=O) groups excluding carboxylic acids is 3. The van der Waals surface area contributed by atoms with Gasteiger partial charge in [0.15, 0.2) is 0 Å². The van der Waals surface area contributed by atoms with Crippen LogP contribution in [0.5, 0.6) is 0 Å². The van der Waals surface area contributed by atoms with Gasteiger partial charge in [0.2, 0.25) is 5.91 Å². The minimum atomic E-state index is -1.01. The first-order valence-electron chi connectivity index (χ1n) is 8.59. The number of nitrogens with one attached hydrogen (secondary N) is 1. The quantitative estimate of drug-likeness (QED) is 0.701. The Morgan fingerprint density at radius 1 is 1.33 bits per heavy atom. The number of anilines is 1. The van der Waals surface area contributed by atoms with Gasteiger partial charge in [0.05, 0.1) is 5.69 Å². The summed E-state index contributed by atoms with van der Waals surface area (Å²) >= 11 is 0. The summed E-state index contributed by atoms with van der Waals surface area (Å²) in [6.07, 6.45) is 0.115. The van der Waals surface area contributed by atoms with Gasteiger partial charge in [-0.05, 0) is 30.5 Å². The van der Waals surface area contributed by atoms with Crippen molar-refractivity contribution in [2.45, 2.75) is 32.7 Å². The Morgan fingerprint density at radius 2 is 2.00 bits per heavy atom. The lowest BCUT2D eigenvalue weighted by atomic mass is 9.93. The Bertz CT molecular complexity index is 754. The van der Waals surface area contributed by atoms with Gasteiger partial charge in [-0.3, -0.25) is 9.59 Å². The molecule has 1 fully saturated rings. The number of urea groups is 1. The van der Waals surface area contributed by atoms with Crippen molar-refractivity contribution >= 4 is 23.5 Å². The van der Waals surface area contributed by atoms with Crippen LogP contribution < -0.4 is 16.0 Å². The van der Waals surface area contributed by atoms with E-state index in [9.17, 15) is 23.2 Å². The van der Waals surface area contributed by atoms with Crippen molar-refractivity contribution in [2.24, 2.45) is 11.1 Å². The van der Waals surface area contributed by atoms with Crippen molar-refractivity contribution in [3.8, 4) is 0 Å². The predicted octanol–water partition coefficient (Wildman–Crippen LogP) is 1.61. The predicted molar refractivity (Wildman–Crippen MR) is 95.9 cm³/mol. The first-order valence-corrected chi connectivity index (χ1v) is 8.59. The molecule has 0 radical (unpaired) electrons. The molecule has 7 nitrogen and oxygen atoms in total. The van der Waals surface area contributed by atoms with Crippen molar-refractivity contribution in [1.29, 1.82) is 0 Å². The van der Waals surface area contributed by atoms with Crippen LogP contribution in [0.25, 0.3) is 0 Å². The zero-order chi connectivity index (χ0) is 20.4. The first kappa shape index (κ1) is 20.8. The average Bonchev–Trinajstić information content (AvgIpc) is 2.86. The molecule has 0 bridgehead atoms. The molecule has 4 amide bonds. The molecule has 0 spiro atoms. The third kappa shape index (κ3) is 4.79. The third-order valence-corrected chi connectivity index (χ3v) is 4.46. The van der Waals surface area contributed by atoms with E-state index >= 15 is 0 Å². The summed E-state index contributed by atoms with van der Waals surface area (Å²) in [6.45, 7) is 4.75. The van der Waals surface area contributed by atoms with Crippen molar-refractivity contribution in [3.63, 3.8) is 0 Å². The first-order chi connectivity index (χ1) is 12.6. The summed E-state index contributed by atoms with van der Waals surface area (Å²) < 4.78 is 26.9. The molecule has 148 valence electrons. The highest BCUT2D eigenvalue weighted by molar-refractivity contribution is 6.21. The van der Waals surface area contributed by atoms with Crippen LogP contribution in [-0.2, 0) is 9.59 Å². The summed E-state index contributed by atoms with van der Waals surface area (Å²) in [7, 11) is 1.65. The molecule has 3 N–H and O–H groups in total. The second-order valence-corrected chi connectivity index (χ2v) is 7.43. The van der Waals surface area contributed by atoms with E-state index in [-0.39, 0.29) is 29.9 Å². The van der Waals surface area contributed by atoms with E-state index < -0.39 is 29.6 Å². The molecular formula is C18H24F2N4O3. The zero-order valence-electron chi connectivity index (χ0n) is 15.6. The van der Waals surface area contributed by atoms with Crippen LogP contribution in [-0.4, -0.2) is 48.9 Å².